The summed E-state index contributed by atoms with van der Waals surface area (Å²) in [5.74, 6) is -1.62. The molecule has 0 saturated carbocycles. The first kappa shape index (κ1) is 28.9. The Labute approximate surface area is 257 Å². The van der Waals surface area contributed by atoms with Gasteiger partial charge >= 0.3 is 5.97 Å². The Kier molecular flexibility index (Phi) is 8.56. The molecule has 9 heteroatoms. The van der Waals surface area contributed by atoms with E-state index in [2.05, 4.69) is 10.3 Å². The van der Waals surface area contributed by atoms with Crippen molar-refractivity contribution in [3.05, 3.63) is 155 Å². The highest BCUT2D eigenvalue weighted by atomic mass is 32.2. The maximum atomic E-state index is 14.1. The molecular formula is C35H29N3O5S. The molecule has 1 fully saturated rings. The number of rotatable bonds is 9. The van der Waals surface area contributed by atoms with Crippen molar-refractivity contribution in [2.75, 3.05) is 5.75 Å². The van der Waals surface area contributed by atoms with Gasteiger partial charge in [-0.15, -0.1) is 0 Å². The van der Waals surface area contributed by atoms with E-state index < -0.39 is 40.2 Å². The molecule has 1 saturated heterocycles. The number of pyridine rings is 1. The number of ether oxygens (including phenoxy) is 1. The molecule has 220 valence electrons. The van der Waals surface area contributed by atoms with E-state index >= 15 is 0 Å². The number of carbonyl (C=O) groups excluding carboxylic acids is 3. The van der Waals surface area contributed by atoms with Gasteiger partial charge in [0, 0.05) is 6.20 Å². The van der Waals surface area contributed by atoms with Crippen molar-refractivity contribution < 1.29 is 23.3 Å². The first-order valence-corrected chi connectivity index (χ1v) is 15.5. The highest BCUT2D eigenvalue weighted by Crippen LogP contribution is 2.37. The summed E-state index contributed by atoms with van der Waals surface area (Å²) in [7, 11) is -1.60. The lowest BCUT2D eigenvalue weighted by atomic mass is 10.00. The van der Waals surface area contributed by atoms with Crippen LogP contribution in [0.15, 0.2) is 133 Å². The van der Waals surface area contributed by atoms with Gasteiger partial charge in [0.2, 0.25) is 5.91 Å². The van der Waals surface area contributed by atoms with Crippen molar-refractivity contribution in [1.29, 1.82) is 0 Å². The minimum Gasteiger partial charge on any atom is -0.448 e. The molecule has 0 spiro atoms. The molecule has 3 aromatic carbocycles. The molecule has 0 radical (unpaired) electrons. The number of nitrogens with zero attached hydrogens (tertiary/aromatic N) is 2. The highest BCUT2D eigenvalue weighted by molar-refractivity contribution is 7.86. The number of esters is 1. The topological polar surface area (TPSA) is 106 Å². The van der Waals surface area contributed by atoms with Crippen LogP contribution >= 0.6 is 0 Å². The lowest BCUT2D eigenvalue weighted by molar-refractivity contribution is -0.154. The summed E-state index contributed by atoms with van der Waals surface area (Å²) in [6, 6.07) is 32.2. The second-order valence-electron chi connectivity index (χ2n) is 10.4. The van der Waals surface area contributed by atoms with Gasteiger partial charge in [-0.1, -0.05) is 103 Å². The fourth-order valence-electron chi connectivity index (χ4n) is 5.34. The fraction of sp³-hybridized carbons (Fsp3) is 0.143. The number of aromatic nitrogens is 1. The van der Waals surface area contributed by atoms with E-state index in [0.717, 1.165) is 16.7 Å². The Morgan fingerprint density at radius 2 is 1.50 bits per heavy atom. The zero-order valence-corrected chi connectivity index (χ0v) is 24.4. The third-order valence-corrected chi connectivity index (χ3v) is 9.06. The average Bonchev–Trinajstić information content (AvgIpc) is 3.06. The van der Waals surface area contributed by atoms with E-state index in [9.17, 15) is 18.6 Å². The van der Waals surface area contributed by atoms with E-state index in [-0.39, 0.29) is 23.8 Å². The molecule has 1 N–H and O–H groups in total. The Bertz CT molecular complexity index is 1710. The third kappa shape index (κ3) is 6.14. The molecule has 2 aliphatic heterocycles. The van der Waals surface area contributed by atoms with Gasteiger partial charge in [0.15, 0.2) is 6.10 Å². The predicted octanol–water partition coefficient (Wildman–Crippen LogP) is 4.34. The smallest absolute Gasteiger partial charge is 0.356 e. The van der Waals surface area contributed by atoms with Crippen LogP contribution in [0.25, 0.3) is 6.08 Å². The summed E-state index contributed by atoms with van der Waals surface area (Å²) < 4.78 is 19.7. The summed E-state index contributed by atoms with van der Waals surface area (Å²) in [6.07, 6.45) is 4.33. The van der Waals surface area contributed by atoms with Crippen molar-refractivity contribution in [3.63, 3.8) is 0 Å². The van der Waals surface area contributed by atoms with Crippen LogP contribution in [0.5, 0.6) is 0 Å². The monoisotopic (exact) mass is 603 g/mol. The SMILES string of the molecule is O=C(Cc1ccccc1)NC1C(=O)N2C(C(=O)OC(c3ccccc3)c3ccccc3)=C(C=Cc3ccccn3)CS(=O)[C@H]12. The highest BCUT2D eigenvalue weighted by Gasteiger charge is 2.57. The predicted molar refractivity (Wildman–Crippen MR) is 167 cm³/mol. The van der Waals surface area contributed by atoms with Crippen molar-refractivity contribution in [2.45, 2.75) is 23.9 Å². The molecule has 3 atom stereocenters. The van der Waals surface area contributed by atoms with Crippen LogP contribution in [0.2, 0.25) is 0 Å². The van der Waals surface area contributed by atoms with Gasteiger partial charge in [-0.2, -0.15) is 0 Å². The van der Waals surface area contributed by atoms with Crippen LogP contribution in [-0.2, 0) is 36.3 Å². The van der Waals surface area contributed by atoms with Gasteiger partial charge in [-0.05, 0) is 40.5 Å². The Balaban J connectivity index is 1.32. The number of fused-ring (bicyclic) bond motifs is 1. The minimum atomic E-state index is -1.60. The number of nitrogens with one attached hydrogen (secondary N) is 1. The van der Waals surface area contributed by atoms with E-state index in [1.165, 1.54) is 4.90 Å². The molecule has 44 heavy (non-hydrogen) atoms. The zero-order chi connectivity index (χ0) is 30.5. The maximum absolute atomic E-state index is 14.1. The molecule has 2 unspecified atom stereocenters. The quantitative estimate of drug-likeness (QED) is 0.226. The standard InChI is InChI=1S/C35H29N3O5S/c39-29(22-24-12-4-1-5-13-24)37-30-33(40)38-31(27(23-44(42)34(30)38)19-20-28-18-10-11-21-36-28)35(41)43-32(25-14-6-2-7-15-25)26-16-8-3-9-17-26/h1-21,30,32,34H,22-23H2,(H,37,39)/t30?,34-,44?/m1/s1. The number of carbonyl (C=O) groups is 3. The lowest BCUT2D eigenvalue weighted by Gasteiger charge is -2.49. The van der Waals surface area contributed by atoms with Crippen LogP contribution < -0.4 is 5.32 Å². The van der Waals surface area contributed by atoms with Crippen molar-refractivity contribution >= 4 is 34.7 Å². The number of benzene rings is 3. The van der Waals surface area contributed by atoms with Gasteiger partial charge in [-0.3, -0.25) is 23.7 Å². The van der Waals surface area contributed by atoms with E-state index in [0.29, 0.717) is 11.3 Å². The molecule has 3 heterocycles. The molecule has 2 amide bonds. The van der Waals surface area contributed by atoms with E-state index in [1.807, 2.05) is 97.1 Å². The summed E-state index contributed by atoms with van der Waals surface area (Å²) in [5, 5.41) is 1.84. The minimum absolute atomic E-state index is 0.00535. The Morgan fingerprint density at radius 1 is 0.886 bits per heavy atom. The van der Waals surface area contributed by atoms with Gasteiger partial charge in [0.05, 0.1) is 28.7 Å². The van der Waals surface area contributed by atoms with Crippen LogP contribution in [0, 0.1) is 0 Å². The van der Waals surface area contributed by atoms with Gasteiger partial charge < -0.3 is 10.1 Å². The van der Waals surface area contributed by atoms with Gasteiger partial charge in [-0.25, -0.2) is 4.79 Å². The number of allylic oxidation sites excluding steroid dienone is 1. The van der Waals surface area contributed by atoms with Crippen molar-refractivity contribution in [2.24, 2.45) is 0 Å². The van der Waals surface area contributed by atoms with E-state index in [1.54, 1.807) is 30.5 Å². The molecule has 0 bridgehead atoms. The number of β-lactam (4-membered cyclic amide) rings is 1. The first-order chi connectivity index (χ1) is 21.5. The zero-order valence-electron chi connectivity index (χ0n) is 23.6. The van der Waals surface area contributed by atoms with Crippen LogP contribution in [0.3, 0.4) is 0 Å². The molecule has 1 aromatic heterocycles. The van der Waals surface area contributed by atoms with Crippen molar-refractivity contribution in [3.8, 4) is 0 Å². The van der Waals surface area contributed by atoms with Gasteiger partial charge in [0.1, 0.15) is 17.1 Å². The van der Waals surface area contributed by atoms with Crippen LogP contribution in [-0.4, -0.2) is 49.0 Å². The van der Waals surface area contributed by atoms with E-state index in [4.69, 9.17) is 4.74 Å². The molecule has 6 rings (SSSR count). The number of amides is 2. The summed E-state index contributed by atoms with van der Waals surface area (Å²) in [5.41, 5.74) is 3.34. The first-order valence-electron chi connectivity index (χ1n) is 14.2. The van der Waals surface area contributed by atoms with Crippen LogP contribution in [0.4, 0.5) is 0 Å². The maximum Gasteiger partial charge on any atom is 0.356 e. The van der Waals surface area contributed by atoms with Gasteiger partial charge in [0.25, 0.3) is 5.91 Å². The Morgan fingerprint density at radius 3 is 2.11 bits per heavy atom. The summed E-state index contributed by atoms with van der Waals surface area (Å²) in [4.78, 5) is 46.0. The molecule has 0 aliphatic carbocycles. The van der Waals surface area contributed by atoms with Crippen LogP contribution in [0.1, 0.15) is 28.5 Å². The number of hydrogen-bond donors (Lipinski definition) is 1. The average molecular weight is 604 g/mol. The fourth-order valence-corrected chi connectivity index (χ4v) is 6.98. The second kappa shape index (κ2) is 13.0. The normalized spacial score (nSPS) is 19.4. The summed E-state index contributed by atoms with van der Waals surface area (Å²) >= 11 is 0. The lowest BCUT2D eigenvalue weighted by Crippen LogP contribution is -2.73. The molecule has 8 nitrogen and oxygen atoms in total. The largest absolute Gasteiger partial charge is 0.448 e. The van der Waals surface area contributed by atoms with Crippen molar-refractivity contribution in [1.82, 2.24) is 15.2 Å². The molecule has 4 aromatic rings. The number of hydrogen-bond acceptors (Lipinski definition) is 6. The second-order valence-corrected chi connectivity index (χ2v) is 11.9. The summed E-state index contributed by atoms with van der Waals surface area (Å²) in [6.45, 7) is 0. The Hall–Kier alpha value is -5.15. The third-order valence-electron chi connectivity index (χ3n) is 7.45. The molecular weight excluding hydrogens is 574 g/mol. The molecule has 2 aliphatic rings.